The molecule has 0 spiro atoms. The standard InChI is InChI=1S/C25H32N2O3S/c28-31(29)26-25(10-4-11-25)12-15-30-21-9-8-20-17-24(27-13-5-14-27)23(22(20)18-21)16-19-6-2-1-3-7-19/h1-3,6-9,18,23-24,31H,4-5,10-17H2,(H,26,28,29). The maximum absolute atomic E-state index is 11.2. The first-order chi connectivity index (χ1) is 15.1. The molecule has 166 valence electrons. The summed E-state index contributed by atoms with van der Waals surface area (Å²) in [6.07, 6.45) is 7.09. The second kappa shape index (κ2) is 8.93. The predicted molar refractivity (Wildman–Crippen MR) is 123 cm³/mol. The SMILES string of the molecule is O=[SH](=O)NC1(CCOc2ccc3c(c2)C(Cc2ccccc2)C(N2CCC2)C3)CCC1. The van der Waals surface area contributed by atoms with E-state index >= 15 is 0 Å². The van der Waals surface area contributed by atoms with Gasteiger partial charge in [-0.25, -0.2) is 13.1 Å². The fraction of sp³-hybridized carbons (Fsp3) is 0.520. The van der Waals surface area contributed by atoms with E-state index in [-0.39, 0.29) is 5.54 Å². The summed E-state index contributed by atoms with van der Waals surface area (Å²) < 4.78 is 31.2. The Kier molecular flexibility index (Phi) is 6.04. The summed E-state index contributed by atoms with van der Waals surface area (Å²) in [6, 6.07) is 18.0. The van der Waals surface area contributed by atoms with Crippen molar-refractivity contribution in [2.24, 2.45) is 0 Å². The Bertz CT molecular complexity index is 976. The minimum Gasteiger partial charge on any atom is -0.494 e. The number of hydrogen-bond donors (Lipinski definition) is 2. The van der Waals surface area contributed by atoms with Crippen LogP contribution in [-0.4, -0.2) is 44.6 Å². The highest BCUT2D eigenvalue weighted by atomic mass is 32.2. The van der Waals surface area contributed by atoms with E-state index in [1.54, 1.807) is 0 Å². The van der Waals surface area contributed by atoms with Gasteiger partial charge in [0.1, 0.15) is 5.75 Å². The largest absolute Gasteiger partial charge is 0.494 e. The van der Waals surface area contributed by atoms with Crippen molar-refractivity contribution in [1.82, 2.24) is 9.62 Å². The minimum absolute atomic E-state index is 0.287. The lowest BCUT2D eigenvalue weighted by Crippen LogP contribution is -2.51. The molecular formula is C25H32N2O3S. The Morgan fingerprint density at radius 1 is 1.06 bits per heavy atom. The van der Waals surface area contributed by atoms with Gasteiger partial charge >= 0.3 is 0 Å². The molecule has 1 saturated heterocycles. The number of rotatable bonds is 9. The van der Waals surface area contributed by atoms with Crippen LogP contribution in [0.2, 0.25) is 0 Å². The molecule has 2 aliphatic carbocycles. The van der Waals surface area contributed by atoms with Crippen LogP contribution in [0, 0.1) is 0 Å². The third-order valence-corrected chi connectivity index (χ3v) is 8.21. The Balaban J connectivity index is 1.30. The van der Waals surface area contributed by atoms with Crippen molar-refractivity contribution in [1.29, 1.82) is 0 Å². The number of hydrogen-bond acceptors (Lipinski definition) is 4. The topological polar surface area (TPSA) is 58.6 Å². The monoisotopic (exact) mass is 440 g/mol. The van der Waals surface area contributed by atoms with E-state index in [1.807, 2.05) is 0 Å². The predicted octanol–water partition coefficient (Wildman–Crippen LogP) is 3.45. The van der Waals surface area contributed by atoms with Crippen molar-refractivity contribution in [3.05, 3.63) is 65.2 Å². The number of thiol groups is 1. The molecule has 2 aromatic rings. The number of benzene rings is 2. The number of likely N-dealkylation sites (tertiary alicyclic amines) is 1. The lowest BCUT2D eigenvalue weighted by atomic mass is 9.75. The zero-order chi connectivity index (χ0) is 21.3. The molecule has 2 aromatic carbocycles. The minimum atomic E-state index is -2.57. The number of fused-ring (bicyclic) bond motifs is 1. The summed E-state index contributed by atoms with van der Waals surface area (Å²) in [5.41, 5.74) is 3.98. The first kappa shape index (κ1) is 21.0. The van der Waals surface area contributed by atoms with Crippen LogP contribution in [0.3, 0.4) is 0 Å². The highest BCUT2D eigenvalue weighted by Crippen LogP contribution is 2.42. The molecule has 31 heavy (non-hydrogen) atoms. The molecule has 5 nitrogen and oxygen atoms in total. The van der Waals surface area contributed by atoms with Crippen molar-refractivity contribution in [2.45, 2.75) is 62.4 Å². The van der Waals surface area contributed by atoms with Gasteiger partial charge in [-0.3, -0.25) is 4.90 Å². The molecule has 2 unspecified atom stereocenters. The van der Waals surface area contributed by atoms with E-state index in [2.05, 4.69) is 58.2 Å². The third kappa shape index (κ3) is 4.52. The Morgan fingerprint density at radius 3 is 2.52 bits per heavy atom. The molecular weight excluding hydrogens is 408 g/mol. The zero-order valence-electron chi connectivity index (χ0n) is 18.0. The molecule has 0 radical (unpaired) electrons. The molecule has 6 heteroatoms. The van der Waals surface area contributed by atoms with Crippen LogP contribution < -0.4 is 9.46 Å². The van der Waals surface area contributed by atoms with Gasteiger partial charge in [0.05, 0.1) is 6.61 Å². The summed E-state index contributed by atoms with van der Waals surface area (Å²) in [5, 5.41) is 0. The first-order valence-corrected chi connectivity index (χ1v) is 12.8. The number of ether oxygens (including phenoxy) is 1. The summed E-state index contributed by atoms with van der Waals surface area (Å²) in [7, 11) is -2.57. The van der Waals surface area contributed by atoms with Gasteiger partial charge in [0.2, 0.25) is 10.9 Å². The van der Waals surface area contributed by atoms with Crippen LogP contribution in [0.4, 0.5) is 0 Å². The van der Waals surface area contributed by atoms with Gasteiger partial charge in [-0.2, -0.15) is 0 Å². The van der Waals surface area contributed by atoms with E-state index in [0.717, 1.165) is 44.3 Å². The summed E-state index contributed by atoms with van der Waals surface area (Å²) in [5.74, 6) is 1.40. The van der Waals surface area contributed by atoms with Gasteiger partial charge in [0, 0.05) is 23.9 Å². The molecule has 1 saturated carbocycles. The normalized spacial score (nSPS) is 24.4. The molecule has 5 rings (SSSR count). The molecule has 2 fully saturated rings. The van der Waals surface area contributed by atoms with Crippen LogP contribution in [0.5, 0.6) is 5.75 Å². The van der Waals surface area contributed by atoms with Crippen LogP contribution >= 0.6 is 0 Å². The van der Waals surface area contributed by atoms with Crippen LogP contribution in [-0.2, 0) is 23.7 Å². The maximum Gasteiger partial charge on any atom is 0.201 e. The molecule has 1 heterocycles. The molecule has 2 atom stereocenters. The highest BCUT2D eigenvalue weighted by Gasteiger charge is 2.39. The molecule has 0 amide bonds. The van der Waals surface area contributed by atoms with E-state index in [0.29, 0.717) is 18.6 Å². The zero-order valence-corrected chi connectivity index (χ0v) is 18.9. The fourth-order valence-electron chi connectivity index (χ4n) is 5.52. The van der Waals surface area contributed by atoms with Gasteiger partial charge in [-0.15, -0.1) is 0 Å². The molecule has 0 bridgehead atoms. The molecule has 3 aliphatic rings. The third-order valence-electron chi connectivity index (χ3n) is 7.56. The second-order valence-corrected chi connectivity index (χ2v) is 10.2. The second-order valence-electron chi connectivity index (χ2n) is 9.42. The van der Waals surface area contributed by atoms with E-state index < -0.39 is 10.9 Å². The molecule has 1 N–H and O–H groups in total. The summed E-state index contributed by atoms with van der Waals surface area (Å²) >= 11 is 0. The molecule has 1 aliphatic heterocycles. The maximum atomic E-state index is 11.2. The van der Waals surface area contributed by atoms with Gasteiger partial charge in [-0.05, 0) is 80.4 Å². The number of nitrogens with one attached hydrogen (secondary N) is 1. The van der Waals surface area contributed by atoms with Crippen LogP contribution in [0.1, 0.15) is 54.7 Å². The van der Waals surface area contributed by atoms with E-state index in [4.69, 9.17) is 4.74 Å². The van der Waals surface area contributed by atoms with Gasteiger partial charge in [0.15, 0.2) is 0 Å². The Morgan fingerprint density at radius 2 is 1.87 bits per heavy atom. The van der Waals surface area contributed by atoms with Crippen LogP contribution in [0.25, 0.3) is 0 Å². The van der Waals surface area contributed by atoms with Gasteiger partial charge < -0.3 is 4.74 Å². The van der Waals surface area contributed by atoms with Gasteiger partial charge in [-0.1, -0.05) is 36.4 Å². The average molecular weight is 441 g/mol. The van der Waals surface area contributed by atoms with Crippen molar-refractivity contribution < 1.29 is 13.2 Å². The van der Waals surface area contributed by atoms with Crippen LogP contribution in [0.15, 0.2) is 48.5 Å². The lowest BCUT2D eigenvalue weighted by Gasteiger charge is -2.40. The fourth-order valence-corrected chi connectivity index (χ4v) is 6.24. The Hall–Kier alpha value is -1.89. The van der Waals surface area contributed by atoms with E-state index in [9.17, 15) is 8.42 Å². The van der Waals surface area contributed by atoms with Crippen molar-refractivity contribution in [3.8, 4) is 5.75 Å². The lowest BCUT2D eigenvalue weighted by molar-refractivity contribution is 0.106. The summed E-state index contributed by atoms with van der Waals surface area (Å²) in [6.45, 7) is 2.96. The van der Waals surface area contributed by atoms with Crippen molar-refractivity contribution in [2.75, 3.05) is 19.7 Å². The Labute approximate surface area is 186 Å². The quantitative estimate of drug-likeness (QED) is 0.587. The average Bonchev–Trinajstić information content (AvgIpc) is 3.02. The van der Waals surface area contributed by atoms with Gasteiger partial charge in [0.25, 0.3) is 0 Å². The summed E-state index contributed by atoms with van der Waals surface area (Å²) in [4.78, 5) is 2.64. The highest BCUT2D eigenvalue weighted by molar-refractivity contribution is 7.70. The first-order valence-electron chi connectivity index (χ1n) is 11.6. The van der Waals surface area contributed by atoms with Crippen molar-refractivity contribution in [3.63, 3.8) is 0 Å². The number of nitrogens with zero attached hydrogens (tertiary/aromatic N) is 1. The van der Waals surface area contributed by atoms with Crippen molar-refractivity contribution >= 4 is 10.9 Å². The smallest absolute Gasteiger partial charge is 0.201 e. The molecule has 0 aromatic heterocycles. The van der Waals surface area contributed by atoms with E-state index in [1.165, 1.54) is 36.2 Å².